The van der Waals surface area contributed by atoms with Gasteiger partial charge in [-0.05, 0) is 6.07 Å². The van der Waals surface area contributed by atoms with Crippen LogP contribution in [-0.2, 0) is 5.92 Å². The van der Waals surface area contributed by atoms with E-state index in [2.05, 4.69) is 0 Å². The molecule has 0 heterocycles. The van der Waals surface area contributed by atoms with Gasteiger partial charge < -0.3 is 14.2 Å². The number of halogens is 2. The standard InChI is InChI=1S/C12H16F2O3/c1-5-12(13,14)8-6-10(16-3)11(17-4)7-9(8)15-2/h6-7H,5H2,1-4H3. The molecule has 0 unspecified atom stereocenters. The first-order chi connectivity index (χ1) is 8.00. The monoisotopic (exact) mass is 246 g/mol. The van der Waals surface area contributed by atoms with Crippen molar-refractivity contribution in [3.05, 3.63) is 17.7 Å². The first kappa shape index (κ1) is 13.5. The van der Waals surface area contributed by atoms with E-state index in [-0.39, 0.29) is 23.5 Å². The minimum Gasteiger partial charge on any atom is -0.496 e. The number of rotatable bonds is 5. The molecule has 0 amide bonds. The summed E-state index contributed by atoms with van der Waals surface area (Å²) in [5.41, 5.74) is -0.194. The number of hydrogen-bond donors (Lipinski definition) is 0. The van der Waals surface area contributed by atoms with E-state index in [1.54, 1.807) is 0 Å². The maximum absolute atomic E-state index is 13.7. The lowest BCUT2D eigenvalue weighted by Gasteiger charge is -2.20. The number of hydrogen-bond acceptors (Lipinski definition) is 3. The van der Waals surface area contributed by atoms with Gasteiger partial charge in [-0.3, -0.25) is 0 Å². The summed E-state index contributed by atoms with van der Waals surface area (Å²) in [6.07, 6.45) is -0.307. The maximum atomic E-state index is 13.7. The third-order valence-corrected chi connectivity index (χ3v) is 2.54. The predicted octanol–water partition coefficient (Wildman–Crippen LogP) is 3.21. The molecule has 0 saturated carbocycles. The lowest BCUT2D eigenvalue weighted by Crippen LogP contribution is -2.13. The largest absolute Gasteiger partial charge is 0.496 e. The Morgan fingerprint density at radius 1 is 0.941 bits per heavy atom. The fraction of sp³-hybridized carbons (Fsp3) is 0.500. The smallest absolute Gasteiger partial charge is 0.276 e. The van der Waals surface area contributed by atoms with Gasteiger partial charge in [0.1, 0.15) is 5.75 Å². The van der Waals surface area contributed by atoms with E-state index in [9.17, 15) is 8.78 Å². The highest BCUT2D eigenvalue weighted by Gasteiger charge is 2.34. The molecular weight excluding hydrogens is 230 g/mol. The maximum Gasteiger partial charge on any atom is 0.276 e. The second-order valence-corrected chi connectivity index (χ2v) is 3.47. The molecule has 0 aromatic heterocycles. The van der Waals surface area contributed by atoms with E-state index in [1.807, 2.05) is 0 Å². The van der Waals surface area contributed by atoms with E-state index < -0.39 is 5.92 Å². The predicted molar refractivity (Wildman–Crippen MR) is 60.3 cm³/mol. The van der Waals surface area contributed by atoms with Crippen molar-refractivity contribution in [1.82, 2.24) is 0 Å². The van der Waals surface area contributed by atoms with Crippen LogP contribution in [-0.4, -0.2) is 21.3 Å². The Morgan fingerprint density at radius 2 is 1.41 bits per heavy atom. The minimum atomic E-state index is -2.95. The van der Waals surface area contributed by atoms with Crippen LogP contribution in [0.2, 0.25) is 0 Å². The van der Waals surface area contributed by atoms with Gasteiger partial charge in [-0.25, -0.2) is 8.78 Å². The van der Waals surface area contributed by atoms with E-state index in [4.69, 9.17) is 14.2 Å². The van der Waals surface area contributed by atoms with E-state index in [1.165, 1.54) is 40.4 Å². The number of alkyl halides is 2. The van der Waals surface area contributed by atoms with Gasteiger partial charge in [0.05, 0.1) is 26.9 Å². The quantitative estimate of drug-likeness (QED) is 0.798. The van der Waals surface area contributed by atoms with Gasteiger partial charge in [0.25, 0.3) is 5.92 Å². The number of ether oxygens (including phenoxy) is 3. The molecule has 0 radical (unpaired) electrons. The van der Waals surface area contributed by atoms with Gasteiger partial charge in [-0.15, -0.1) is 0 Å². The molecule has 1 rings (SSSR count). The Morgan fingerprint density at radius 3 is 1.82 bits per heavy atom. The first-order valence-electron chi connectivity index (χ1n) is 5.18. The molecule has 5 heteroatoms. The summed E-state index contributed by atoms with van der Waals surface area (Å²) in [5, 5.41) is 0. The Balaban J connectivity index is 3.38. The molecule has 3 nitrogen and oxygen atoms in total. The molecule has 0 N–H and O–H groups in total. The van der Waals surface area contributed by atoms with Crippen LogP contribution in [0.15, 0.2) is 12.1 Å². The van der Waals surface area contributed by atoms with Crippen LogP contribution >= 0.6 is 0 Å². The normalized spacial score (nSPS) is 11.2. The van der Waals surface area contributed by atoms with Crippen molar-refractivity contribution < 1.29 is 23.0 Å². The average molecular weight is 246 g/mol. The van der Waals surface area contributed by atoms with Crippen LogP contribution in [0.25, 0.3) is 0 Å². The zero-order chi connectivity index (χ0) is 13.1. The Kier molecular flexibility index (Phi) is 4.15. The molecule has 17 heavy (non-hydrogen) atoms. The summed E-state index contributed by atoms with van der Waals surface area (Å²) in [5.74, 6) is -2.24. The fourth-order valence-electron chi connectivity index (χ4n) is 1.51. The third kappa shape index (κ3) is 2.60. The van der Waals surface area contributed by atoms with E-state index in [0.29, 0.717) is 5.75 Å². The average Bonchev–Trinajstić information content (AvgIpc) is 2.36. The molecule has 1 aromatic carbocycles. The SMILES string of the molecule is CCC(F)(F)c1cc(OC)c(OC)cc1OC. The highest BCUT2D eigenvalue weighted by Crippen LogP contribution is 2.43. The summed E-state index contributed by atoms with van der Waals surface area (Å²) >= 11 is 0. The van der Waals surface area contributed by atoms with Gasteiger partial charge >= 0.3 is 0 Å². The zero-order valence-electron chi connectivity index (χ0n) is 10.3. The van der Waals surface area contributed by atoms with Crippen LogP contribution < -0.4 is 14.2 Å². The second kappa shape index (κ2) is 5.21. The molecule has 0 spiro atoms. The van der Waals surface area contributed by atoms with Crippen molar-refractivity contribution >= 4 is 0 Å². The van der Waals surface area contributed by atoms with Crippen LogP contribution in [0.4, 0.5) is 8.78 Å². The van der Waals surface area contributed by atoms with Crippen molar-refractivity contribution in [3.8, 4) is 17.2 Å². The van der Waals surface area contributed by atoms with Crippen LogP contribution in [0.5, 0.6) is 17.2 Å². The summed E-state index contributed by atoms with van der Waals surface area (Å²) in [6.45, 7) is 1.41. The van der Waals surface area contributed by atoms with Crippen molar-refractivity contribution in [3.63, 3.8) is 0 Å². The van der Waals surface area contributed by atoms with Gasteiger partial charge in [-0.2, -0.15) is 0 Å². The third-order valence-electron chi connectivity index (χ3n) is 2.54. The van der Waals surface area contributed by atoms with E-state index in [0.717, 1.165) is 0 Å². The fourth-order valence-corrected chi connectivity index (χ4v) is 1.51. The summed E-state index contributed by atoms with van der Waals surface area (Å²) in [6, 6.07) is 2.65. The molecule has 0 aliphatic carbocycles. The molecule has 0 aliphatic heterocycles. The molecule has 0 aliphatic rings. The molecule has 0 saturated heterocycles. The Labute approximate surface area is 99.3 Å². The lowest BCUT2D eigenvalue weighted by atomic mass is 10.0. The molecule has 0 bridgehead atoms. The van der Waals surface area contributed by atoms with Crippen LogP contribution in [0.1, 0.15) is 18.9 Å². The highest BCUT2D eigenvalue weighted by molar-refractivity contribution is 5.52. The topological polar surface area (TPSA) is 27.7 Å². The zero-order valence-corrected chi connectivity index (χ0v) is 10.3. The summed E-state index contributed by atoms with van der Waals surface area (Å²) < 4.78 is 42.4. The molecule has 96 valence electrons. The van der Waals surface area contributed by atoms with Crippen LogP contribution in [0.3, 0.4) is 0 Å². The van der Waals surface area contributed by atoms with E-state index >= 15 is 0 Å². The Bertz CT molecular complexity index is 392. The molecule has 0 fully saturated rings. The molecular formula is C12H16F2O3. The van der Waals surface area contributed by atoms with Gasteiger partial charge in [0, 0.05) is 12.5 Å². The molecule has 0 atom stereocenters. The van der Waals surface area contributed by atoms with Crippen LogP contribution in [0, 0.1) is 0 Å². The molecule has 1 aromatic rings. The van der Waals surface area contributed by atoms with Crippen molar-refractivity contribution in [1.29, 1.82) is 0 Å². The minimum absolute atomic E-state index is 0.0921. The summed E-state index contributed by atoms with van der Waals surface area (Å²) in [7, 11) is 4.18. The number of methoxy groups -OCH3 is 3. The summed E-state index contributed by atoms with van der Waals surface area (Å²) in [4.78, 5) is 0. The van der Waals surface area contributed by atoms with Crippen molar-refractivity contribution in [2.45, 2.75) is 19.3 Å². The van der Waals surface area contributed by atoms with Gasteiger partial charge in [0.15, 0.2) is 11.5 Å². The van der Waals surface area contributed by atoms with Gasteiger partial charge in [-0.1, -0.05) is 6.92 Å². The van der Waals surface area contributed by atoms with Crippen molar-refractivity contribution in [2.24, 2.45) is 0 Å². The Hall–Kier alpha value is -1.52. The first-order valence-corrected chi connectivity index (χ1v) is 5.18. The van der Waals surface area contributed by atoms with Gasteiger partial charge in [0.2, 0.25) is 0 Å². The van der Waals surface area contributed by atoms with Crippen molar-refractivity contribution in [2.75, 3.05) is 21.3 Å². The lowest BCUT2D eigenvalue weighted by molar-refractivity contribution is -0.0106. The second-order valence-electron chi connectivity index (χ2n) is 3.47. The highest BCUT2D eigenvalue weighted by atomic mass is 19.3. The number of benzene rings is 1.